The molecule has 1 fully saturated rings. The van der Waals surface area contributed by atoms with E-state index >= 15 is 0 Å². The van der Waals surface area contributed by atoms with Crippen molar-refractivity contribution in [3.8, 4) is 0 Å². The van der Waals surface area contributed by atoms with E-state index in [1.54, 1.807) is 0 Å². The van der Waals surface area contributed by atoms with E-state index in [-0.39, 0.29) is 12.0 Å². The average molecular weight is 172 g/mol. The standard InChI is InChI=1S/C8H16N2O2/c1-2-7(11)5-10-4-3-9-8(12)6-10/h7,11H,2-6H2,1H3,(H,9,12)/t7-/m0/s1. The number of nitrogens with one attached hydrogen (secondary N) is 1. The molecular formula is C8H16N2O2. The number of hydrogen-bond donors (Lipinski definition) is 2. The summed E-state index contributed by atoms with van der Waals surface area (Å²) in [4.78, 5) is 12.9. The van der Waals surface area contributed by atoms with Crippen molar-refractivity contribution in [1.29, 1.82) is 0 Å². The molecule has 12 heavy (non-hydrogen) atoms. The van der Waals surface area contributed by atoms with Gasteiger partial charge >= 0.3 is 0 Å². The van der Waals surface area contributed by atoms with Crippen molar-refractivity contribution in [3.63, 3.8) is 0 Å². The van der Waals surface area contributed by atoms with Gasteiger partial charge in [-0.2, -0.15) is 0 Å². The van der Waals surface area contributed by atoms with Crippen molar-refractivity contribution in [1.82, 2.24) is 10.2 Å². The van der Waals surface area contributed by atoms with Gasteiger partial charge < -0.3 is 10.4 Å². The molecule has 70 valence electrons. The Morgan fingerprint density at radius 3 is 3.08 bits per heavy atom. The van der Waals surface area contributed by atoms with Crippen molar-refractivity contribution in [2.24, 2.45) is 0 Å². The number of hydrogen-bond acceptors (Lipinski definition) is 3. The summed E-state index contributed by atoms with van der Waals surface area (Å²) in [7, 11) is 0. The number of carbonyl (C=O) groups excluding carboxylic acids is 1. The van der Waals surface area contributed by atoms with Gasteiger partial charge in [0.05, 0.1) is 12.6 Å². The molecule has 2 N–H and O–H groups in total. The van der Waals surface area contributed by atoms with E-state index in [1.165, 1.54) is 0 Å². The molecule has 0 unspecified atom stereocenters. The van der Waals surface area contributed by atoms with Crippen molar-refractivity contribution in [2.75, 3.05) is 26.2 Å². The van der Waals surface area contributed by atoms with Gasteiger partial charge in [-0.25, -0.2) is 0 Å². The van der Waals surface area contributed by atoms with E-state index in [2.05, 4.69) is 5.32 Å². The second kappa shape index (κ2) is 4.42. The largest absolute Gasteiger partial charge is 0.392 e. The maximum atomic E-state index is 10.9. The molecule has 1 amide bonds. The van der Waals surface area contributed by atoms with Gasteiger partial charge in [0.15, 0.2) is 0 Å². The second-order valence-corrected chi connectivity index (χ2v) is 3.15. The molecule has 0 aliphatic carbocycles. The van der Waals surface area contributed by atoms with Gasteiger partial charge in [0, 0.05) is 19.6 Å². The molecule has 1 saturated heterocycles. The molecular weight excluding hydrogens is 156 g/mol. The molecule has 1 rings (SSSR count). The Labute approximate surface area is 72.6 Å². The van der Waals surface area contributed by atoms with Crippen LogP contribution in [0.15, 0.2) is 0 Å². The number of amides is 1. The first-order valence-electron chi connectivity index (χ1n) is 4.39. The number of carbonyl (C=O) groups is 1. The van der Waals surface area contributed by atoms with Crippen LogP contribution in [0.5, 0.6) is 0 Å². The summed E-state index contributed by atoms with van der Waals surface area (Å²) in [5, 5.41) is 12.1. The molecule has 4 heteroatoms. The van der Waals surface area contributed by atoms with E-state index in [0.29, 0.717) is 19.6 Å². The molecule has 0 saturated carbocycles. The fourth-order valence-electron chi connectivity index (χ4n) is 1.27. The first kappa shape index (κ1) is 9.48. The Hall–Kier alpha value is -0.610. The average Bonchev–Trinajstić information content (AvgIpc) is 2.04. The van der Waals surface area contributed by atoms with Gasteiger partial charge in [0.1, 0.15) is 0 Å². The molecule has 0 radical (unpaired) electrons. The molecule has 0 bridgehead atoms. The molecule has 0 aromatic heterocycles. The minimum atomic E-state index is -0.295. The second-order valence-electron chi connectivity index (χ2n) is 3.15. The summed E-state index contributed by atoms with van der Waals surface area (Å²) >= 11 is 0. The minimum Gasteiger partial charge on any atom is -0.392 e. The van der Waals surface area contributed by atoms with Gasteiger partial charge in [0.25, 0.3) is 0 Å². The molecule has 1 aliphatic heterocycles. The highest BCUT2D eigenvalue weighted by molar-refractivity contribution is 5.78. The number of piperazine rings is 1. The zero-order valence-electron chi connectivity index (χ0n) is 7.42. The topological polar surface area (TPSA) is 52.6 Å². The van der Waals surface area contributed by atoms with Crippen LogP contribution in [0.1, 0.15) is 13.3 Å². The lowest BCUT2D eigenvalue weighted by Gasteiger charge is -2.27. The van der Waals surface area contributed by atoms with Crippen molar-refractivity contribution < 1.29 is 9.90 Å². The number of aliphatic hydroxyl groups excluding tert-OH is 1. The Morgan fingerprint density at radius 1 is 1.75 bits per heavy atom. The highest BCUT2D eigenvalue weighted by Crippen LogP contribution is 1.98. The van der Waals surface area contributed by atoms with E-state index in [1.807, 2.05) is 11.8 Å². The summed E-state index contributed by atoms with van der Waals surface area (Å²) in [6, 6.07) is 0. The van der Waals surface area contributed by atoms with Crippen LogP contribution in [-0.2, 0) is 4.79 Å². The number of rotatable bonds is 3. The maximum absolute atomic E-state index is 10.9. The Balaban J connectivity index is 2.27. The lowest BCUT2D eigenvalue weighted by molar-refractivity contribution is -0.124. The molecule has 1 aliphatic rings. The highest BCUT2D eigenvalue weighted by atomic mass is 16.3. The van der Waals surface area contributed by atoms with Gasteiger partial charge in [-0.15, -0.1) is 0 Å². The van der Waals surface area contributed by atoms with Crippen LogP contribution >= 0.6 is 0 Å². The monoisotopic (exact) mass is 172 g/mol. The minimum absolute atomic E-state index is 0.0598. The third kappa shape index (κ3) is 2.79. The normalized spacial score (nSPS) is 22.0. The van der Waals surface area contributed by atoms with Crippen LogP contribution < -0.4 is 5.32 Å². The van der Waals surface area contributed by atoms with E-state index < -0.39 is 0 Å². The van der Waals surface area contributed by atoms with E-state index in [0.717, 1.165) is 13.0 Å². The van der Waals surface area contributed by atoms with Crippen LogP contribution in [0.2, 0.25) is 0 Å². The summed E-state index contributed by atoms with van der Waals surface area (Å²) in [6.07, 6.45) is 0.453. The zero-order chi connectivity index (χ0) is 8.97. The molecule has 4 nitrogen and oxygen atoms in total. The molecule has 0 aromatic carbocycles. The smallest absolute Gasteiger partial charge is 0.234 e. The third-order valence-corrected chi connectivity index (χ3v) is 2.06. The van der Waals surface area contributed by atoms with Crippen LogP contribution in [-0.4, -0.2) is 48.2 Å². The van der Waals surface area contributed by atoms with Crippen LogP contribution in [0.4, 0.5) is 0 Å². The molecule has 1 heterocycles. The first-order chi connectivity index (χ1) is 5.72. The van der Waals surface area contributed by atoms with Crippen LogP contribution in [0.3, 0.4) is 0 Å². The SMILES string of the molecule is CC[C@H](O)CN1CCNC(=O)C1. The fraction of sp³-hybridized carbons (Fsp3) is 0.875. The Bertz CT molecular complexity index is 161. The predicted molar refractivity (Wildman–Crippen MR) is 45.7 cm³/mol. The summed E-state index contributed by atoms with van der Waals surface area (Å²) in [5.74, 6) is 0.0598. The Kier molecular flexibility index (Phi) is 3.49. The summed E-state index contributed by atoms with van der Waals surface area (Å²) in [6.45, 7) is 4.54. The first-order valence-corrected chi connectivity index (χ1v) is 4.39. The van der Waals surface area contributed by atoms with E-state index in [9.17, 15) is 9.90 Å². The van der Waals surface area contributed by atoms with Crippen molar-refractivity contribution in [3.05, 3.63) is 0 Å². The van der Waals surface area contributed by atoms with Crippen molar-refractivity contribution in [2.45, 2.75) is 19.4 Å². The lowest BCUT2D eigenvalue weighted by atomic mass is 10.2. The fourth-order valence-corrected chi connectivity index (χ4v) is 1.27. The summed E-state index contributed by atoms with van der Waals surface area (Å²) in [5.41, 5.74) is 0. The van der Waals surface area contributed by atoms with Gasteiger partial charge in [-0.05, 0) is 6.42 Å². The quantitative estimate of drug-likeness (QED) is 0.585. The number of aliphatic hydroxyl groups is 1. The zero-order valence-corrected chi connectivity index (χ0v) is 7.42. The lowest BCUT2D eigenvalue weighted by Crippen LogP contribution is -2.49. The van der Waals surface area contributed by atoms with Crippen molar-refractivity contribution >= 4 is 5.91 Å². The van der Waals surface area contributed by atoms with E-state index in [4.69, 9.17) is 0 Å². The third-order valence-electron chi connectivity index (χ3n) is 2.06. The van der Waals surface area contributed by atoms with Gasteiger partial charge in [0.2, 0.25) is 5.91 Å². The highest BCUT2D eigenvalue weighted by Gasteiger charge is 2.17. The number of nitrogens with zero attached hydrogens (tertiary/aromatic N) is 1. The molecule has 0 aromatic rings. The van der Waals surface area contributed by atoms with Gasteiger partial charge in [-0.1, -0.05) is 6.92 Å². The Morgan fingerprint density at radius 2 is 2.50 bits per heavy atom. The van der Waals surface area contributed by atoms with Crippen LogP contribution in [0.25, 0.3) is 0 Å². The van der Waals surface area contributed by atoms with Gasteiger partial charge in [-0.3, -0.25) is 9.69 Å². The molecule has 0 spiro atoms. The maximum Gasteiger partial charge on any atom is 0.234 e. The predicted octanol–water partition coefficient (Wildman–Crippen LogP) is -0.811. The van der Waals surface area contributed by atoms with Crippen LogP contribution in [0, 0.1) is 0 Å². The number of β-amino-alcohol motifs (C(OH)–C–C–N with tert-alkyl or cyclic N) is 1. The molecule has 1 atom stereocenters. The summed E-state index contributed by atoms with van der Waals surface area (Å²) < 4.78 is 0.